The lowest BCUT2D eigenvalue weighted by molar-refractivity contribution is -0.146. The van der Waals surface area contributed by atoms with Crippen molar-refractivity contribution in [2.24, 2.45) is 5.41 Å². The van der Waals surface area contributed by atoms with Crippen molar-refractivity contribution in [1.82, 2.24) is 4.90 Å². The molecular weight excluding hydrogens is 336 g/mol. The Bertz CT molecular complexity index is 741. The molecule has 0 aromatic heterocycles. The van der Waals surface area contributed by atoms with Gasteiger partial charge in [-0.1, -0.05) is 61.9 Å². The Morgan fingerprint density at radius 1 is 0.889 bits per heavy atom. The van der Waals surface area contributed by atoms with Crippen LogP contribution in [0, 0.1) is 5.41 Å². The molecule has 0 N–H and O–H groups in total. The van der Waals surface area contributed by atoms with Crippen LogP contribution in [0.15, 0.2) is 60.7 Å². The fourth-order valence-corrected chi connectivity index (χ4v) is 3.06. The molecule has 2 amide bonds. The summed E-state index contributed by atoms with van der Waals surface area (Å²) >= 11 is 0. The fourth-order valence-electron chi connectivity index (χ4n) is 3.06. The predicted octanol–water partition coefficient (Wildman–Crippen LogP) is 4.50. The zero-order valence-electron chi connectivity index (χ0n) is 16.8. The summed E-state index contributed by atoms with van der Waals surface area (Å²) in [4.78, 5) is 29.8. The second kappa shape index (κ2) is 9.36. The van der Waals surface area contributed by atoms with Gasteiger partial charge in [0.25, 0.3) is 0 Å². The maximum absolute atomic E-state index is 13.5. The Hall–Kier alpha value is -2.62. The van der Waals surface area contributed by atoms with Crippen molar-refractivity contribution >= 4 is 17.5 Å². The summed E-state index contributed by atoms with van der Waals surface area (Å²) in [5, 5.41) is 0. The fraction of sp³-hybridized carbons (Fsp3) is 0.391. The van der Waals surface area contributed by atoms with Crippen LogP contribution < -0.4 is 4.90 Å². The van der Waals surface area contributed by atoms with Crippen LogP contribution >= 0.6 is 0 Å². The molecule has 0 fully saturated rings. The number of nitrogens with zero attached hydrogens (tertiary/aromatic N) is 2. The first-order chi connectivity index (χ1) is 12.9. The van der Waals surface area contributed by atoms with E-state index in [0.29, 0.717) is 13.1 Å². The Morgan fingerprint density at radius 3 is 2.00 bits per heavy atom. The third kappa shape index (κ3) is 5.19. The zero-order chi connectivity index (χ0) is 19.9. The lowest BCUT2D eigenvalue weighted by atomic mass is 9.89. The molecule has 27 heavy (non-hydrogen) atoms. The van der Waals surface area contributed by atoms with Crippen LogP contribution in [0.5, 0.6) is 0 Å². The molecular formula is C23H30N2O2. The molecule has 0 atom stereocenters. The highest BCUT2D eigenvalue weighted by Gasteiger charge is 2.41. The van der Waals surface area contributed by atoms with Gasteiger partial charge in [0.05, 0.1) is 6.54 Å². The molecule has 0 unspecified atom stereocenters. The van der Waals surface area contributed by atoms with Crippen molar-refractivity contribution in [2.45, 2.75) is 40.2 Å². The molecule has 0 spiro atoms. The van der Waals surface area contributed by atoms with E-state index in [1.54, 1.807) is 30.7 Å². The first-order valence-electron chi connectivity index (χ1n) is 9.54. The number of hydrogen-bond acceptors (Lipinski definition) is 2. The van der Waals surface area contributed by atoms with Crippen molar-refractivity contribution in [3.8, 4) is 0 Å². The number of hydrogen-bond donors (Lipinski definition) is 0. The second-order valence-corrected chi connectivity index (χ2v) is 7.42. The Labute approximate surface area is 162 Å². The van der Waals surface area contributed by atoms with Crippen LogP contribution in [0.25, 0.3) is 0 Å². The number of benzene rings is 2. The predicted molar refractivity (Wildman–Crippen MR) is 110 cm³/mol. The van der Waals surface area contributed by atoms with E-state index in [-0.39, 0.29) is 11.8 Å². The molecule has 144 valence electrons. The Kier molecular flexibility index (Phi) is 7.17. The summed E-state index contributed by atoms with van der Waals surface area (Å²) in [6.07, 6.45) is 1.94. The van der Waals surface area contributed by atoms with Gasteiger partial charge in [-0.15, -0.1) is 0 Å². The van der Waals surface area contributed by atoms with Crippen molar-refractivity contribution < 1.29 is 9.59 Å². The lowest BCUT2D eigenvalue weighted by Crippen LogP contribution is -2.50. The van der Waals surface area contributed by atoms with Gasteiger partial charge < -0.3 is 9.80 Å². The quantitative estimate of drug-likeness (QED) is 0.645. The van der Waals surface area contributed by atoms with E-state index in [2.05, 4.69) is 6.92 Å². The third-order valence-electron chi connectivity index (χ3n) is 4.76. The van der Waals surface area contributed by atoms with Gasteiger partial charge in [-0.05, 0) is 38.0 Å². The van der Waals surface area contributed by atoms with Gasteiger partial charge in [-0.3, -0.25) is 9.59 Å². The average molecular weight is 367 g/mol. The van der Waals surface area contributed by atoms with Crippen LogP contribution in [0.4, 0.5) is 5.69 Å². The molecule has 0 bridgehead atoms. The summed E-state index contributed by atoms with van der Waals surface area (Å²) in [6.45, 7) is 6.63. The number of unbranched alkanes of at least 4 members (excludes halogenated alkanes) is 1. The normalized spacial score (nSPS) is 11.1. The summed E-state index contributed by atoms with van der Waals surface area (Å²) in [5.41, 5.74) is 0.688. The van der Waals surface area contributed by atoms with Crippen molar-refractivity contribution in [3.63, 3.8) is 0 Å². The monoisotopic (exact) mass is 366 g/mol. The molecule has 2 aromatic carbocycles. The Balaban J connectivity index is 2.30. The number of carbonyl (C=O) groups excluding carboxylic acids is 2. The van der Waals surface area contributed by atoms with E-state index in [0.717, 1.165) is 24.1 Å². The van der Waals surface area contributed by atoms with Crippen molar-refractivity contribution in [1.29, 1.82) is 0 Å². The van der Waals surface area contributed by atoms with E-state index in [1.165, 1.54) is 0 Å². The summed E-state index contributed by atoms with van der Waals surface area (Å²) in [6, 6.07) is 19.4. The second-order valence-electron chi connectivity index (χ2n) is 7.42. The summed E-state index contributed by atoms with van der Waals surface area (Å²) in [7, 11) is 1.77. The van der Waals surface area contributed by atoms with E-state index in [1.807, 2.05) is 60.7 Å². The molecule has 2 aromatic rings. The van der Waals surface area contributed by atoms with Gasteiger partial charge in [0.15, 0.2) is 0 Å². The third-order valence-corrected chi connectivity index (χ3v) is 4.76. The van der Waals surface area contributed by atoms with Gasteiger partial charge in [-0.25, -0.2) is 0 Å². The zero-order valence-corrected chi connectivity index (χ0v) is 16.8. The molecule has 0 aliphatic heterocycles. The van der Waals surface area contributed by atoms with Crippen LogP contribution in [0.1, 0.15) is 39.2 Å². The first-order valence-corrected chi connectivity index (χ1v) is 9.54. The molecule has 4 heteroatoms. The van der Waals surface area contributed by atoms with Crippen molar-refractivity contribution in [3.05, 3.63) is 66.2 Å². The first kappa shape index (κ1) is 20.7. The van der Waals surface area contributed by atoms with Crippen LogP contribution in [-0.2, 0) is 16.1 Å². The molecule has 0 aliphatic rings. The van der Waals surface area contributed by atoms with Gasteiger partial charge in [0, 0.05) is 19.3 Å². The molecule has 4 nitrogen and oxygen atoms in total. The minimum Gasteiger partial charge on any atom is -0.345 e. The van der Waals surface area contributed by atoms with Gasteiger partial charge >= 0.3 is 0 Å². The van der Waals surface area contributed by atoms with Gasteiger partial charge in [0.2, 0.25) is 11.8 Å². The SMILES string of the molecule is CCCCN(C)C(=O)C(C)(C)C(=O)N(Cc1ccccc1)c1ccccc1. The number of carbonyl (C=O) groups is 2. The summed E-state index contributed by atoms with van der Waals surface area (Å²) in [5.74, 6) is -0.333. The van der Waals surface area contributed by atoms with E-state index >= 15 is 0 Å². The number of anilines is 1. The highest BCUT2D eigenvalue weighted by Crippen LogP contribution is 2.27. The molecule has 0 saturated carbocycles. The number of para-hydroxylation sites is 1. The number of rotatable bonds is 8. The maximum Gasteiger partial charge on any atom is 0.242 e. The van der Waals surface area contributed by atoms with Crippen LogP contribution in [-0.4, -0.2) is 30.3 Å². The average Bonchev–Trinajstić information content (AvgIpc) is 2.70. The molecule has 2 rings (SSSR count). The van der Waals surface area contributed by atoms with E-state index < -0.39 is 5.41 Å². The molecule has 0 heterocycles. The largest absolute Gasteiger partial charge is 0.345 e. The van der Waals surface area contributed by atoms with Crippen LogP contribution in [0.3, 0.4) is 0 Å². The highest BCUT2D eigenvalue weighted by molar-refractivity contribution is 6.10. The highest BCUT2D eigenvalue weighted by atomic mass is 16.2. The van der Waals surface area contributed by atoms with Gasteiger partial charge in [-0.2, -0.15) is 0 Å². The lowest BCUT2D eigenvalue weighted by Gasteiger charge is -2.34. The smallest absolute Gasteiger partial charge is 0.242 e. The van der Waals surface area contributed by atoms with Crippen LogP contribution in [0.2, 0.25) is 0 Å². The molecule has 0 aliphatic carbocycles. The van der Waals surface area contributed by atoms with Crippen molar-refractivity contribution in [2.75, 3.05) is 18.5 Å². The van der Waals surface area contributed by atoms with E-state index in [4.69, 9.17) is 0 Å². The molecule has 0 saturated heterocycles. The maximum atomic E-state index is 13.5. The van der Waals surface area contributed by atoms with E-state index in [9.17, 15) is 9.59 Å². The Morgan fingerprint density at radius 2 is 1.44 bits per heavy atom. The minimum atomic E-state index is -1.13. The van der Waals surface area contributed by atoms with Gasteiger partial charge in [0.1, 0.15) is 5.41 Å². The standard InChI is InChI=1S/C23H30N2O2/c1-5-6-17-24(4)21(26)23(2,3)22(27)25(20-15-11-8-12-16-20)18-19-13-9-7-10-14-19/h7-16H,5-6,17-18H2,1-4H3. The minimum absolute atomic E-state index is 0.144. The molecule has 0 radical (unpaired) electrons. The number of amides is 2. The summed E-state index contributed by atoms with van der Waals surface area (Å²) < 4.78 is 0. The topological polar surface area (TPSA) is 40.6 Å².